The molecule has 2 aliphatic heterocycles. The zero-order chi connectivity index (χ0) is 30.8. The second kappa shape index (κ2) is 12.8. The molecule has 0 spiro atoms. The summed E-state index contributed by atoms with van der Waals surface area (Å²) < 4.78 is 61.5. The largest absolute Gasteiger partial charge is 0.378 e. The molecule has 2 heterocycles. The second-order valence-corrected chi connectivity index (χ2v) is 15.1. The van der Waals surface area contributed by atoms with Gasteiger partial charge < -0.3 is 9.80 Å². The van der Waals surface area contributed by atoms with Gasteiger partial charge in [0.25, 0.3) is 10.0 Å². The Hall–Kier alpha value is -3.25. The van der Waals surface area contributed by atoms with Crippen LogP contribution in [0.1, 0.15) is 42.1 Å². The Balaban J connectivity index is 1.62. The number of nitrogens with zero attached hydrogens (tertiary/aromatic N) is 5. The minimum Gasteiger partial charge on any atom is -0.378 e. The van der Waals surface area contributed by atoms with Crippen molar-refractivity contribution in [2.24, 2.45) is 4.40 Å². The molecule has 230 valence electrons. The van der Waals surface area contributed by atoms with Crippen molar-refractivity contribution >= 4 is 31.6 Å². The van der Waals surface area contributed by atoms with E-state index in [2.05, 4.69) is 9.30 Å². The lowest BCUT2D eigenvalue weighted by molar-refractivity contribution is 0.235. The number of amidine groups is 1. The highest BCUT2D eigenvalue weighted by molar-refractivity contribution is 7.90. The smallest absolute Gasteiger partial charge is 0.283 e. The number of hydrogen-bond donors (Lipinski definition) is 0. The van der Waals surface area contributed by atoms with E-state index in [1.54, 1.807) is 48.5 Å². The summed E-state index contributed by atoms with van der Waals surface area (Å²) in [7, 11) is -4.07. The van der Waals surface area contributed by atoms with Crippen LogP contribution in [0.5, 0.6) is 0 Å². The minimum absolute atomic E-state index is 0.115. The third-order valence-corrected chi connectivity index (χ3v) is 11.3. The predicted molar refractivity (Wildman–Crippen MR) is 171 cm³/mol. The Bertz CT molecular complexity index is 1650. The Kier molecular flexibility index (Phi) is 9.26. The van der Waals surface area contributed by atoms with E-state index in [4.69, 9.17) is 0 Å². The van der Waals surface area contributed by atoms with Crippen molar-refractivity contribution in [2.45, 2.75) is 49.1 Å². The molecule has 9 nitrogen and oxygen atoms in total. The van der Waals surface area contributed by atoms with Crippen LogP contribution in [0.15, 0.2) is 87.0 Å². The van der Waals surface area contributed by atoms with Crippen molar-refractivity contribution in [2.75, 3.05) is 51.7 Å². The number of aryl methyl sites for hydroxylation is 2. The summed E-state index contributed by atoms with van der Waals surface area (Å²) in [6, 6.07) is 21.2. The molecule has 0 aliphatic carbocycles. The van der Waals surface area contributed by atoms with E-state index < -0.39 is 26.2 Å². The first-order chi connectivity index (χ1) is 20.5. The second-order valence-electron chi connectivity index (χ2n) is 11.6. The Labute approximate surface area is 256 Å². The average molecular weight is 624 g/mol. The molecule has 0 aromatic heterocycles. The molecule has 3 aromatic rings. The van der Waals surface area contributed by atoms with Crippen molar-refractivity contribution in [1.29, 1.82) is 0 Å². The molecule has 1 atom stereocenters. The average Bonchev–Trinajstić information content (AvgIpc) is 3.44. The zero-order valence-electron chi connectivity index (χ0n) is 25.3. The molecule has 0 radical (unpaired) electrons. The summed E-state index contributed by atoms with van der Waals surface area (Å²) in [6.45, 7) is 6.31. The number of hydrogen-bond acceptors (Lipinski definition) is 6. The number of sulfonamides is 2. The van der Waals surface area contributed by atoms with Gasteiger partial charge in [0.1, 0.15) is 12.0 Å². The highest BCUT2D eigenvalue weighted by Gasteiger charge is 2.43. The molecule has 0 amide bonds. The molecule has 43 heavy (non-hydrogen) atoms. The molecule has 11 heteroatoms. The third kappa shape index (κ3) is 6.95. The van der Waals surface area contributed by atoms with Gasteiger partial charge in [-0.05, 0) is 81.7 Å². The number of piperidine rings is 1. The fourth-order valence-electron chi connectivity index (χ4n) is 5.66. The van der Waals surface area contributed by atoms with Gasteiger partial charge in [0.05, 0.1) is 16.3 Å². The van der Waals surface area contributed by atoms with Crippen LogP contribution in [0.25, 0.3) is 0 Å². The van der Waals surface area contributed by atoms with Crippen molar-refractivity contribution in [3.8, 4) is 0 Å². The maximum atomic E-state index is 14.1. The lowest BCUT2D eigenvalue weighted by atomic mass is 10.1. The standard InChI is InChI=1S/C32H41N5O4S2/c1-25-8-16-29(17-9-25)42(38,39)33-31(24-35-20-6-5-7-21-35)36-22-23-37(43(40,41)30-18-10-26(2)11-19-30)32(36)27-12-14-28(15-13-27)34(3)4/h8-19,32H,5-7,20-24H2,1-4H3/b33-31-. The van der Waals surface area contributed by atoms with Gasteiger partial charge in [-0.15, -0.1) is 4.40 Å². The summed E-state index contributed by atoms with van der Waals surface area (Å²) >= 11 is 0. The minimum atomic E-state index is -4.05. The molecule has 3 aromatic carbocycles. The number of benzene rings is 3. The van der Waals surface area contributed by atoms with Crippen LogP contribution in [0, 0.1) is 13.8 Å². The Morgan fingerprint density at radius 1 is 0.744 bits per heavy atom. The van der Waals surface area contributed by atoms with Crippen LogP contribution in [-0.2, 0) is 20.0 Å². The van der Waals surface area contributed by atoms with Crippen molar-refractivity contribution < 1.29 is 16.8 Å². The summed E-state index contributed by atoms with van der Waals surface area (Å²) in [5.41, 5.74) is 3.65. The van der Waals surface area contributed by atoms with E-state index >= 15 is 0 Å². The van der Waals surface area contributed by atoms with Gasteiger partial charge in [-0.25, -0.2) is 8.42 Å². The molecular formula is C32H41N5O4S2. The maximum Gasteiger partial charge on any atom is 0.283 e. The fourth-order valence-corrected chi connectivity index (χ4v) is 8.25. The lowest BCUT2D eigenvalue weighted by Gasteiger charge is -2.35. The normalized spacial score (nSPS) is 19.1. The van der Waals surface area contributed by atoms with Crippen molar-refractivity contribution in [3.05, 3.63) is 89.5 Å². The quantitative estimate of drug-likeness (QED) is 0.267. The first-order valence-electron chi connectivity index (χ1n) is 14.7. The van der Waals surface area contributed by atoms with Gasteiger partial charge in [0, 0.05) is 32.9 Å². The topological polar surface area (TPSA) is 93.6 Å². The van der Waals surface area contributed by atoms with Gasteiger partial charge >= 0.3 is 0 Å². The molecule has 2 fully saturated rings. The molecule has 0 N–H and O–H groups in total. The van der Waals surface area contributed by atoms with E-state index in [0.29, 0.717) is 18.9 Å². The maximum absolute atomic E-state index is 14.1. The van der Waals surface area contributed by atoms with Crippen LogP contribution in [0.4, 0.5) is 5.69 Å². The number of rotatable bonds is 8. The first kappa shape index (κ1) is 31.2. The first-order valence-corrected chi connectivity index (χ1v) is 17.6. The molecule has 0 saturated carbocycles. The van der Waals surface area contributed by atoms with E-state index in [1.165, 1.54) is 4.31 Å². The van der Waals surface area contributed by atoms with Crippen LogP contribution in [-0.4, -0.2) is 83.6 Å². The summed E-state index contributed by atoms with van der Waals surface area (Å²) in [6.07, 6.45) is 2.43. The van der Waals surface area contributed by atoms with Gasteiger partial charge in [0.15, 0.2) is 0 Å². The lowest BCUT2D eigenvalue weighted by Crippen LogP contribution is -2.44. The van der Waals surface area contributed by atoms with Crippen molar-refractivity contribution in [3.63, 3.8) is 0 Å². The van der Waals surface area contributed by atoms with Gasteiger partial charge in [-0.1, -0.05) is 53.9 Å². The molecule has 5 rings (SSSR count). The van der Waals surface area contributed by atoms with Gasteiger partial charge in [0.2, 0.25) is 10.0 Å². The number of likely N-dealkylation sites (tertiary alicyclic amines) is 1. The Morgan fingerprint density at radius 3 is 1.86 bits per heavy atom. The van der Waals surface area contributed by atoms with Crippen molar-refractivity contribution in [1.82, 2.24) is 14.1 Å². The summed E-state index contributed by atoms with van der Waals surface area (Å²) in [4.78, 5) is 6.39. The van der Waals surface area contributed by atoms with Gasteiger partial charge in [-0.2, -0.15) is 12.7 Å². The van der Waals surface area contributed by atoms with Gasteiger partial charge in [-0.3, -0.25) is 4.90 Å². The molecule has 2 aliphatic rings. The van der Waals surface area contributed by atoms with Crippen LogP contribution < -0.4 is 4.90 Å². The predicted octanol–water partition coefficient (Wildman–Crippen LogP) is 4.65. The van der Waals surface area contributed by atoms with E-state index in [0.717, 1.165) is 54.7 Å². The van der Waals surface area contributed by atoms with E-state index in [9.17, 15) is 16.8 Å². The monoisotopic (exact) mass is 623 g/mol. The fraction of sp³-hybridized carbons (Fsp3) is 0.406. The third-order valence-electron chi connectivity index (χ3n) is 8.15. The SMILES string of the molecule is Cc1ccc(S(=O)(=O)/N=C(/CN2CCCCC2)N2CCN(S(=O)(=O)c3ccc(C)cc3)C2c2ccc(N(C)C)cc2)cc1. The summed E-state index contributed by atoms with van der Waals surface area (Å²) in [5.74, 6) is 0.353. The molecular weight excluding hydrogens is 583 g/mol. The number of anilines is 1. The Morgan fingerprint density at radius 2 is 1.30 bits per heavy atom. The van der Waals surface area contributed by atoms with Crippen LogP contribution in [0.3, 0.4) is 0 Å². The highest BCUT2D eigenvalue weighted by atomic mass is 32.2. The van der Waals surface area contributed by atoms with E-state index in [-0.39, 0.29) is 16.3 Å². The molecule has 2 saturated heterocycles. The zero-order valence-corrected chi connectivity index (χ0v) is 27.0. The highest BCUT2D eigenvalue weighted by Crippen LogP contribution is 2.36. The van der Waals surface area contributed by atoms with Crippen LogP contribution >= 0.6 is 0 Å². The molecule has 0 bridgehead atoms. The van der Waals surface area contributed by atoms with Crippen LogP contribution in [0.2, 0.25) is 0 Å². The molecule has 1 unspecified atom stereocenters. The van der Waals surface area contributed by atoms with E-state index in [1.807, 2.05) is 62.0 Å². The summed E-state index contributed by atoms with van der Waals surface area (Å²) in [5, 5.41) is 0.